The smallest absolute Gasteiger partial charge is 0.308 e. The van der Waals surface area contributed by atoms with Crippen LogP contribution in [0, 0.1) is 6.92 Å². The van der Waals surface area contributed by atoms with Crippen LogP contribution in [-0.4, -0.2) is 22.0 Å². The van der Waals surface area contributed by atoms with Crippen molar-refractivity contribution in [2.45, 2.75) is 39.5 Å². The van der Waals surface area contributed by atoms with Gasteiger partial charge in [0.2, 0.25) is 5.91 Å². The minimum absolute atomic E-state index is 0.0852. The van der Waals surface area contributed by atoms with Crippen LogP contribution in [0.3, 0.4) is 0 Å². The first-order valence-corrected chi connectivity index (χ1v) is 8.39. The fraction of sp³-hybridized carbons (Fsp3) is 0.353. The summed E-state index contributed by atoms with van der Waals surface area (Å²) in [6.45, 7) is 4.01. The van der Waals surface area contributed by atoms with Crippen molar-refractivity contribution in [1.29, 1.82) is 0 Å². The molecule has 1 amide bonds. The number of anilines is 1. The van der Waals surface area contributed by atoms with Gasteiger partial charge in [-0.1, -0.05) is 43.2 Å². The Hall–Kier alpha value is -2.21. The summed E-state index contributed by atoms with van der Waals surface area (Å²) in [4.78, 5) is 28.0. The number of carboxylic acids is 1. The quantitative estimate of drug-likeness (QED) is 0.806. The molecule has 0 radical (unpaired) electrons. The molecule has 1 heterocycles. The average molecular weight is 332 g/mol. The van der Waals surface area contributed by atoms with Crippen LogP contribution < -0.4 is 5.32 Å². The van der Waals surface area contributed by atoms with Crippen LogP contribution >= 0.6 is 11.3 Å². The second-order valence-corrected chi connectivity index (χ2v) is 6.46. The lowest BCUT2D eigenvalue weighted by Crippen LogP contribution is -2.10. The van der Waals surface area contributed by atoms with E-state index in [2.05, 4.69) is 10.3 Å². The molecule has 5 nitrogen and oxygen atoms in total. The van der Waals surface area contributed by atoms with E-state index in [-0.39, 0.29) is 12.3 Å². The van der Waals surface area contributed by atoms with E-state index in [9.17, 15) is 9.59 Å². The Balaban J connectivity index is 2.27. The predicted molar refractivity (Wildman–Crippen MR) is 91.8 cm³/mol. The van der Waals surface area contributed by atoms with Gasteiger partial charge in [-0.2, -0.15) is 0 Å². The molecule has 0 saturated heterocycles. The van der Waals surface area contributed by atoms with E-state index >= 15 is 0 Å². The summed E-state index contributed by atoms with van der Waals surface area (Å²) >= 11 is 1.22. The molecule has 0 saturated carbocycles. The highest BCUT2D eigenvalue weighted by Gasteiger charge is 2.17. The van der Waals surface area contributed by atoms with Crippen molar-refractivity contribution in [3.8, 4) is 11.3 Å². The minimum Gasteiger partial charge on any atom is -0.481 e. The Morgan fingerprint density at radius 1 is 1.26 bits per heavy atom. The highest BCUT2D eigenvalue weighted by molar-refractivity contribution is 7.16. The summed E-state index contributed by atoms with van der Waals surface area (Å²) in [5.74, 6) is -0.996. The number of carboxylic acid groups (broad SMARTS) is 1. The van der Waals surface area contributed by atoms with Gasteiger partial charge < -0.3 is 10.4 Å². The van der Waals surface area contributed by atoms with E-state index in [1.807, 2.05) is 38.1 Å². The molecule has 0 aliphatic carbocycles. The van der Waals surface area contributed by atoms with E-state index in [1.165, 1.54) is 11.3 Å². The van der Waals surface area contributed by atoms with Gasteiger partial charge in [0.15, 0.2) is 5.13 Å². The lowest BCUT2D eigenvalue weighted by atomic mass is 10.1. The molecule has 122 valence electrons. The summed E-state index contributed by atoms with van der Waals surface area (Å²) in [7, 11) is 0. The second kappa shape index (κ2) is 7.87. The maximum Gasteiger partial charge on any atom is 0.308 e. The first-order chi connectivity index (χ1) is 11.0. The Morgan fingerprint density at radius 2 is 1.96 bits per heavy atom. The number of amides is 1. The maximum absolute atomic E-state index is 11.8. The second-order valence-electron chi connectivity index (χ2n) is 5.38. The monoisotopic (exact) mass is 332 g/mol. The molecule has 23 heavy (non-hydrogen) atoms. The first kappa shape index (κ1) is 17.1. The first-order valence-electron chi connectivity index (χ1n) is 7.58. The summed E-state index contributed by atoms with van der Waals surface area (Å²) in [6, 6.07) is 7.74. The van der Waals surface area contributed by atoms with Crippen LogP contribution in [0.15, 0.2) is 24.3 Å². The fourth-order valence-corrected chi connectivity index (χ4v) is 3.11. The van der Waals surface area contributed by atoms with Crippen molar-refractivity contribution < 1.29 is 14.7 Å². The van der Waals surface area contributed by atoms with Crippen LogP contribution in [0.25, 0.3) is 11.3 Å². The number of aliphatic carboxylic acids is 1. The van der Waals surface area contributed by atoms with Crippen molar-refractivity contribution in [2.24, 2.45) is 0 Å². The number of carbonyl (C=O) groups is 2. The number of nitrogens with zero attached hydrogens (tertiary/aromatic N) is 1. The molecule has 6 heteroatoms. The topological polar surface area (TPSA) is 79.3 Å². The van der Waals surface area contributed by atoms with Gasteiger partial charge >= 0.3 is 5.97 Å². The Bertz CT molecular complexity index is 692. The minimum atomic E-state index is -0.911. The van der Waals surface area contributed by atoms with Gasteiger partial charge in [-0.05, 0) is 13.3 Å². The number of nitrogens with one attached hydrogen (secondary N) is 1. The molecule has 2 aromatic rings. The largest absolute Gasteiger partial charge is 0.481 e. The average Bonchev–Trinajstić information content (AvgIpc) is 2.87. The van der Waals surface area contributed by atoms with E-state index in [1.54, 1.807) is 0 Å². The third-order valence-corrected chi connectivity index (χ3v) is 4.31. The van der Waals surface area contributed by atoms with Gasteiger partial charge in [0, 0.05) is 16.9 Å². The van der Waals surface area contributed by atoms with Crippen molar-refractivity contribution >= 4 is 28.3 Å². The van der Waals surface area contributed by atoms with Crippen LogP contribution in [0.1, 0.15) is 36.6 Å². The molecule has 0 atom stereocenters. The molecule has 2 N–H and O–H groups in total. The van der Waals surface area contributed by atoms with Gasteiger partial charge in [0.05, 0.1) is 12.1 Å². The van der Waals surface area contributed by atoms with Gasteiger partial charge in [-0.25, -0.2) is 4.98 Å². The zero-order valence-electron chi connectivity index (χ0n) is 13.3. The third-order valence-electron chi connectivity index (χ3n) is 3.34. The zero-order valence-corrected chi connectivity index (χ0v) is 14.1. The number of benzene rings is 1. The fourth-order valence-electron chi connectivity index (χ4n) is 2.12. The van der Waals surface area contributed by atoms with Crippen LogP contribution in [0.2, 0.25) is 0 Å². The number of thiazole rings is 1. The Labute approximate surface area is 139 Å². The molecule has 0 aliphatic heterocycles. The van der Waals surface area contributed by atoms with Gasteiger partial charge in [0.1, 0.15) is 0 Å². The Morgan fingerprint density at radius 3 is 2.57 bits per heavy atom. The van der Waals surface area contributed by atoms with Crippen molar-refractivity contribution in [2.75, 3.05) is 5.32 Å². The summed E-state index contributed by atoms with van der Waals surface area (Å²) in [5.41, 5.74) is 2.61. The molecule has 0 fully saturated rings. The van der Waals surface area contributed by atoms with E-state index in [0.29, 0.717) is 22.1 Å². The highest BCUT2D eigenvalue weighted by atomic mass is 32.1. The molecule has 0 unspecified atom stereocenters. The SMILES string of the molecule is CCCCC(=O)Nc1nc(-c2ccc(C)cc2)c(CC(=O)O)s1. The molecule has 1 aromatic carbocycles. The molecular weight excluding hydrogens is 312 g/mol. The number of aromatic nitrogens is 1. The third kappa shape index (κ3) is 4.89. The maximum atomic E-state index is 11.8. The summed E-state index contributed by atoms with van der Waals surface area (Å²) in [6.07, 6.45) is 2.12. The number of aryl methyl sites for hydroxylation is 1. The summed E-state index contributed by atoms with van der Waals surface area (Å²) < 4.78 is 0. The predicted octanol–water partition coefficient (Wildman–Crippen LogP) is 3.87. The lowest BCUT2D eigenvalue weighted by Gasteiger charge is -2.01. The number of hydrogen-bond donors (Lipinski definition) is 2. The standard InChI is InChI=1S/C17H20N2O3S/c1-3-4-5-14(20)18-17-19-16(13(23-17)10-15(21)22)12-8-6-11(2)7-9-12/h6-9H,3-5,10H2,1-2H3,(H,21,22)(H,18,19,20). The highest BCUT2D eigenvalue weighted by Crippen LogP contribution is 2.32. The summed E-state index contributed by atoms with van der Waals surface area (Å²) in [5, 5.41) is 12.3. The van der Waals surface area contributed by atoms with Gasteiger partial charge in [0.25, 0.3) is 0 Å². The van der Waals surface area contributed by atoms with Crippen molar-refractivity contribution in [3.63, 3.8) is 0 Å². The molecule has 0 aliphatic rings. The number of unbranched alkanes of at least 4 members (excludes halogenated alkanes) is 1. The normalized spacial score (nSPS) is 10.5. The van der Waals surface area contributed by atoms with Crippen molar-refractivity contribution in [3.05, 3.63) is 34.7 Å². The van der Waals surface area contributed by atoms with Crippen LogP contribution in [-0.2, 0) is 16.0 Å². The Kier molecular flexibility index (Phi) is 5.87. The number of hydrogen-bond acceptors (Lipinski definition) is 4. The molecule has 2 rings (SSSR count). The molecule has 0 bridgehead atoms. The van der Waals surface area contributed by atoms with Crippen molar-refractivity contribution in [1.82, 2.24) is 4.98 Å². The van der Waals surface area contributed by atoms with Crippen LogP contribution in [0.4, 0.5) is 5.13 Å². The van der Waals surface area contributed by atoms with E-state index < -0.39 is 5.97 Å². The van der Waals surface area contributed by atoms with Gasteiger partial charge in [-0.15, -0.1) is 11.3 Å². The number of rotatable bonds is 7. The zero-order chi connectivity index (χ0) is 16.8. The molecule has 1 aromatic heterocycles. The van der Waals surface area contributed by atoms with Crippen LogP contribution in [0.5, 0.6) is 0 Å². The molecular formula is C17H20N2O3S. The number of carbonyl (C=O) groups excluding carboxylic acids is 1. The molecule has 0 spiro atoms. The van der Waals surface area contributed by atoms with E-state index in [0.717, 1.165) is 24.0 Å². The lowest BCUT2D eigenvalue weighted by molar-refractivity contribution is -0.136. The van der Waals surface area contributed by atoms with E-state index in [4.69, 9.17) is 5.11 Å². The van der Waals surface area contributed by atoms with Gasteiger partial charge in [-0.3, -0.25) is 9.59 Å².